The topological polar surface area (TPSA) is 103 Å². The van der Waals surface area contributed by atoms with Gasteiger partial charge in [0.1, 0.15) is 24.2 Å². The van der Waals surface area contributed by atoms with Gasteiger partial charge < -0.3 is 24.4 Å². The summed E-state index contributed by atoms with van der Waals surface area (Å²) < 4.78 is 16.8. The molecule has 1 aliphatic rings. The number of halogens is 1. The van der Waals surface area contributed by atoms with Crippen LogP contribution in [0.3, 0.4) is 0 Å². The quantitative estimate of drug-likeness (QED) is 0.448. The standard InChI is InChI=1S/C26H33ClN4O4/c1-15-21(12-18-8-10-33-11-9-18)29-26(30-25(15)23-16(2)31-35-17(23)3)20-6-5-7-22(24(20)27)34-14-19(32)13-28-4/h5-7,18-19,28,32H,8-14H2,1-4H3. The summed E-state index contributed by atoms with van der Waals surface area (Å²) >= 11 is 6.78. The maximum atomic E-state index is 10.0. The van der Waals surface area contributed by atoms with E-state index >= 15 is 0 Å². The van der Waals surface area contributed by atoms with Crippen LogP contribution in [-0.4, -0.2) is 59.7 Å². The van der Waals surface area contributed by atoms with E-state index in [0.717, 1.165) is 60.7 Å². The van der Waals surface area contributed by atoms with E-state index in [9.17, 15) is 5.11 Å². The van der Waals surface area contributed by atoms with Crippen molar-refractivity contribution in [3.05, 3.63) is 45.9 Å². The molecular weight excluding hydrogens is 468 g/mol. The summed E-state index contributed by atoms with van der Waals surface area (Å²) in [5.74, 6) is 2.22. The van der Waals surface area contributed by atoms with Gasteiger partial charge in [-0.05, 0) is 70.7 Å². The zero-order chi connectivity index (χ0) is 24.9. The van der Waals surface area contributed by atoms with Crippen LogP contribution in [0.15, 0.2) is 22.7 Å². The molecule has 1 atom stereocenters. The van der Waals surface area contributed by atoms with Gasteiger partial charge in [0, 0.05) is 31.0 Å². The molecule has 1 saturated heterocycles. The predicted octanol–water partition coefficient (Wildman–Crippen LogP) is 4.31. The zero-order valence-electron chi connectivity index (χ0n) is 20.7. The Labute approximate surface area is 211 Å². The Morgan fingerprint density at radius 1 is 1.20 bits per heavy atom. The third kappa shape index (κ3) is 5.83. The van der Waals surface area contributed by atoms with Crippen LogP contribution in [-0.2, 0) is 11.2 Å². The zero-order valence-corrected chi connectivity index (χ0v) is 21.5. The van der Waals surface area contributed by atoms with Gasteiger partial charge in [-0.1, -0.05) is 22.8 Å². The number of rotatable bonds is 9. The molecule has 3 heterocycles. The number of hydrogen-bond donors (Lipinski definition) is 2. The van der Waals surface area contributed by atoms with Gasteiger partial charge in [0.2, 0.25) is 0 Å². The molecular formula is C26H33ClN4O4. The lowest BCUT2D eigenvalue weighted by Gasteiger charge is -2.23. The molecule has 3 aromatic rings. The average Bonchev–Trinajstić information content (AvgIpc) is 3.18. The number of aliphatic hydroxyl groups excluding tert-OH is 1. The van der Waals surface area contributed by atoms with Crippen molar-refractivity contribution in [2.24, 2.45) is 5.92 Å². The predicted molar refractivity (Wildman–Crippen MR) is 135 cm³/mol. The Balaban J connectivity index is 1.76. The Morgan fingerprint density at radius 2 is 1.97 bits per heavy atom. The molecule has 8 nitrogen and oxygen atoms in total. The van der Waals surface area contributed by atoms with Crippen molar-refractivity contribution in [2.75, 3.05) is 33.4 Å². The SMILES string of the molecule is CNCC(O)COc1cccc(-c2nc(CC3CCOCC3)c(C)c(-c3c(C)noc3C)n2)c1Cl. The van der Waals surface area contributed by atoms with Crippen molar-refractivity contribution < 1.29 is 19.1 Å². The maximum absolute atomic E-state index is 10.0. The van der Waals surface area contributed by atoms with Gasteiger partial charge in [0.05, 0.1) is 22.0 Å². The highest BCUT2D eigenvalue weighted by Crippen LogP contribution is 2.37. The summed E-state index contributed by atoms with van der Waals surface area (Å²) in [5, 5.41) is 17.5. The normalized spacial score (nSPS) is 15.4. The number of benzene rings is 1. The summed E-state index contributed by atoms with van der Waals surface area (Å²) in [6.07, 6.45) is 2.22. The van der Waals surface area contributed by atoms with E-state index in [1.807, 2.05) is 26.0 Å². The van der Waals surface area contributed by atoms with Crippen molar-refractivity contribution in [3.63, 3.8) is 0 Å². The molecule has 0 saturated carbocycles. The second-order valence-corrected chi connectivity index (χ2v) is 9.44. The molecule has 0 amide bonds. The number of nitrogens with one attached hydrogen (secondary N) is 1. The fourth-order valence-electron chi connectivity index (χ4n) is 4.45. The van der Waals surface area contributed by atoms with Gasteiger partial charge in [-0.15, -0.1) is 0 Å². The molecule has 35 heavy (non-hydrogen) atoms. The Kier molecular flexibility index (Phi) is 8.38. The van der Waals surface area contributed by atoms with Crippen LogP contribution in [0.5, 0.6) is 5.75 Å². The third-order valence-electron chi connectivity index (χ3n) is 6.41. The first-order valence-corrected chi connectivity index (χ1v) is 12.4. The van der Waals surface area contributed by atoms with E-state index in [-0.39, 0.29) is 6.61 Å². The average molecular weight is 501 g/mol. The molecule has 0 radical (unpaired) electrons. The first-order chi connectivity index (χ1) is 16.9. The minimum Gasteiger partial charge on any atom is -0.489 e. The van der Waals surface area contributed by atoms with Crippen molar-refractivity contribution >= 4 is 11.6 Å². The number of aryl methyl sites for hydroxylation is 2. The largest absolute Gasteiger partial charge is 0.489 e. The van der Waals surface area contributed by atoms with Crippen LogP contribution in [0.25, 0.3) is 22.6 Å². The monoisotopic (exact) mass is 500 g/mol. The molecule has 188 valence electrons. The summed E-state index contributed by atoms with van der Waals surface area (Å²) in [6, 6.07) is 5.53. The van der Waals surface area contributed by atoms with Crippen LogP contribution < -0.4 is 10.1 Å². The van der Waals surface area contributed by atoms with E-state index in [0.29, 0.717) is 40.4 Å². The van der Waals surface area contributed by atoms with Crippen molar-refractivity contribution in [1.29, 1.82) is 0 Å². The van der Waals surface area contributed by atoms with Crippen LogP contribution in [0.1, 0.15) is 35.6 Å². The Hall–Kier alpha value is -2.52. The second kappa shape index (κ2) is 11.5. The van der Waals surface area contributed by atoms with Crippen LogP contribution in [0.2, 0.25) is 5.02 Å². The maximum Gasteiger partial charge on any atom is 0.161 e. The fraction of sp³-hybridized carbons (Fsp3) is 0.500. The highest BCUT2D eigenvalue weighted by atomic mass is 35.5. The number of aliphatic hydroxyl groups is 1. The molecule has 2 N–H and O–H groups in total. The molecule has 0 aliphatic carbocycles. The highest BCUT2D eigenvalue weighted by molar-refractivity contribution is 6.34. The Bertz CT molecular complexity index is 1140. The lowest BCUT2D eigenvalue weighted by Crippen LogP contribution is -2.29. The third-order valence-corrected chi connectivity index (χ3v) is 6.80. The molecule has 1 unspecified atom stereocenters. The summed E-state index contributed by atoms with van der Waals surface area (Å²) in [7, 11) is 1.78. The molecule has 1 fully saturated rings. The first kappa shape index (κ1) is 25.6. The molecule has 1 aliphatic heterocycles. The van der Waals surface area contributed by atoms with Crippen LogP contribution in [0.4, 0.5) is 0 Å². The van der Waals surface area contributed by atoms with Crippen molar-refractivity contribution in [3.8, 4) is 28.4 Å². The van der Waals surface area contributed by atoms with Crippen LogP contribution in [0, 0.1) is 26.7 Å². The summed E-state index contributed by atoms with van der Waals surface area (Å²) in [4.78, 5) is 9.94. The van der Waals surface area contributed by atoms with Gasteiger partial charge in [0.15, 0.2) is 5.82 Å². The summed E-state index contributed by atoms with van der Waals surface area (Å²) in [6.45, 7) is 7.98. The first-order valence-electron chi connectivity index (χ1n) is 12.0. The van der Waals surface area contributed by atoms with Crippen LogP contribution >= 0.6 is 11.6 Å². The lowest BCUT2D eigenvalue weighted by atomic mass is 9.92. The van der Waals surface area contributed by atoms with E-state index in [1.54, 1.807) is 13.1 Å². The number of aromatic nitrogens is 3. The smallest absolute Gasteiger partial charge is 0.161 e. The van der Waals surface area contributed by atoms with E-state index in [1.165, 1.54) is 0 Å². The molecule has 1 aromatic carbocycles. The van der Waals surface area contributed by atoms with Gasteiger partial charge in [-0.3, -0.25) is 0 Å². The van der Waals surface area contributed by atoms with E-state index < -0.39 is 6.10 Å². The number of ether oxygens (including phenoxy) is 2. The van der Waals surface area contributed by atoms with Gasteiger partial charge >= 0.3 is 0 Å². The van der Waals surface area contributed by atoms with Gasteiger partial charge in [0.25, 0.3) is 0 Å². The van der Waals surface area contributed by atoms with Crippen molar-refractivity contribution in [2.45, 2.75) is 46.1 Å². The fourth-order valence-corrected chi connectivity index (χ4v) is 4.71. The molecule has 0 spiro atoms. The lowest BCUT2D eigenvalue weighted by molar-refractivity contribution is 0.0662. The second-order valence-electron chi connectivity index (χ2n) is 9.07. The van der Waals surface area contributed by atoms with E-state index in [4.69, 9.17) is 35.6 Å². The molecule has 9 heteroatoms. The molecule has 0 bridgehead atoms. The highest BCUT2D eigenvalue weighted by Gasteiger charge is 2.24. The number of nitrogens with zero attached hydrogens (tertiary/aromatic N) is 3. The minimum absolute atomic E-state index is 0.123. The Morgan fingerprint density at radius 3 is 2.66 bits per heavy atom. The number of likely N-dealkylation sites (N-methyl/N-ethyl adjacent to an activating group) is 1. The molecule has 4 rings (SSSR count). The van der Waals surface area contributed by atoms with E-state index in [2.05, 4.69) is 17.4 Å². The summed E-state index contributed by atoms with van der Waals surface area (Å²) in [5.41, 5.74) is 5.16. The van der Waals surface area contributed by atoms with Gasteiger partial charge in [-0.2, -0.15) is 0 Å². The van der Waals surface area contributed by atoms with Crippen molar-refractivity contribution in [1.82, 2.24) is 20.4 Å². The number of hydrogen-bond acceptors (Lipinski definition) is 8. The minimum atomic E-state index is -0.646. The molecule has 2 aromatic heterocycles. The van der Waals surface area contributed by atoms with Gasteiger partial charge in [-0.25, -0.2) is 9.97 Å².